The van der Waals surface area contributed by atoms with Crippen molar-refractivity contribution >= 4 is 11.9 Å². The Balaban J connectivity index is 1.50. The van der Waals surface area contributed by atoms with Crippen molar-refractivity contribution in [3.8, 4) is 11.4 Å². The van der Waals surface area contributed by atoms with Gasteiger partial charge in [-0.25, -0.2) is 9.07 Å². The third-order valence-electron chi connectivity index (χ3n) is 5.17. The number of carbonyl (C=O) groups excluding carboxylic acids is 1. The SMILES string of the molecule is Cc1ccc(F)c(-n2cc(O)c(C(=O)N3CCN(c4nnc(C)n4C)CC3)n2)c1. The normalized spacial score (nSPS) is 14.5. The van der Waals surface area contributed by atoms with E-state index in [4.69, 9.17) is 0 Å². The molecule has 1 aliphatic rings. The topological polar surface area (TPSA) is 92.3 Å². The Morgan fingerprint density at radius 3 is 2.52 bits per heavy atom. The van der Waals surface area contributed by atoms with Crippen LogP contribution in [0.4, 0.5) is 10.3 Å². The van der Waals surface area contributed by atoms with Gasteiger partial charge in [-0.1, -0.05) is 6.07 Å². The van der Waals surface area contributed by atoms with Gasteiger partial charge in [0.2, 0.25) is 5.95 Å². The van der Waals surface area contributed by atoms with Gasteiger partial charge in [0, 0.05) is 33.2 Å². The van der Waals surface area contributed by atoms with Crippen molar-refractivity contribution in [2.45, 2.75) is 13.8 Å². The largest absolute Gasteiger partial charge is 0.504 e. The molecule has 0 aliphatic carbocycles. The van der Waals surface area contributed by atoms with E-state index in [0.29, 0.717) is 26.2 Å². The van der Waals surface area contributed by atoms with Crippen LogP contribution < -0.4 is 4.90 Å². The lowest BCUT2D eigenvalue weighted by Gasteiger charge is -2.34. The summed E-state index contributed by atoms with van der Waals surface area (Å²) in [6, 6.07) is 4.59. The lowest BCUT2D eigenvalue weighted by molar-refractivity contribution is 0.0736. The van der Waals surface area contributed by atoms with Crippen LogP contribution in [-0.4, -0.2) is 66.6 Å². The van der Waals surface area contributed by atoms with E-state index >= 15 is 0 Å². The van der Waals surface area contributed by atoms with Crippen LogP contribution in [0, 0.1) is 19.7 Å². The van der Waals surface area contributed by atoms with Crippen molar-refractivity contribution in [3.05, 3.63) is 47.3 Å². The van der Waals surface area contributed by atoms with Crippen molar-refractivity contribution in [1.29, 1.82) is 0 Å². The number of amides is 1. The number of nitrogens with zero attached hydrogens (tertiary/aromatic N) is 7. The summed E-state index contributed by atoms with van der Waals surface area (Å²) in [5, 5.41) is 22.6. The summed E-state index contributed by atoms with van der Waals surface area (Å²) in [6.45, 7) is 5.80. The summed E-state index contributed by atoms with van der Waals surface area (Å²) in [5.74, 6) is 0.434. The van der Waals surface area contributed by atoms with Gasteiger partial charge in [0.25, 0.3) is 5.91 Å². The van der Waals surface area contributed by atoms with E-state index in [1.165, 1.54) is 16.9 Å². The number of aromatic nitrogens is 5. The number of anilines is 1. The van der Waals surface area contributed by atoms with Gasteiger partial charge in [-0.15, -0.1) is 10.2 Å². The van der Waals surface area contributed by atoms with Crippen LogP contribution in [-0.2, 0) is 7.05 Å². The van der Waals surface area contributed by atoms with Crippen LogP contribution in [0.15, 0.2) is 24.4 Å². The maximum absolute atomic E-state index is 14.1. The third-order valence-corrected chi connectivity index (χ3v) is 5.17. The summed E-state index contributed by atoms with van der Waals surface area (Å²) >= 11 is 0. The number of hydrogen-bond acceptors (Lipinski definition) is 6. The van der Waals surface area contributed by atoms with Crippen LogP contribution in [0.5, 0.6) is 5.75 Å². The zero-order chi connectivity index (χ0) is 20.7. The van der Waals surface area contributed by atoms with Gasteiger partial charge in [-0.2, -0.15) is 5.10 Å². The van der Waals surface area contributed by atoms with Crippen LogP contribution in [0.25, 0.3) is 5.69 Å². The van der Waals surface area contributed by atoms with Crippen LogP contribution in [0.3, 0.4) is 0 Å². The molecule has 0 spiro atoms. The number of rotatable bonds is 3. The number of halogens is 1. The van der Waals surface area contributed by atoms with Gasteiger partial charge < -0.3 is 19.5 Å². The number of aryl methyl sites for hydroxylation is 2. The fraction of sp³-hybridized carbons (Fsp3) is 0.368. The molecule has 2 aromatic heterocycles. The molecule has 3 heterocycles. The Morgan fingerprint density at radius 2 is 1.86 bits per heavy atom. The van der Waals surface area contributed by atoms with Gasteiger partial charge in [-0.05, 0) is 31.5 Å². The minimum atomic E-state index is -0.482. The maximum Gasteiger partial charge on any atom is 0.278 e. The Morgan fingerprint density at radius 1 is 1.14 bits per heavy atom. The first-order chi connectivity index (χ1) is 13.8. The van der Waals surface area contributed by atoms with E-state index in [2.05, 4.69) is 20.2 Å². The quantitative estimate of drug-likeness (QED) is 0.716. The van der Waals surface area contributed by atoms with Gasteiger partial charge in [0.1, 0.15) is 17.3 Å². The number of benzene rings is 1. The highest BCUT2D eigenvalue weighted by Crippen LogP contribution is 2.23. The first kappa shape index (κ1) is 18.9. The number of carbonyl (C=O) groups is 1. The molecule has 0 bridgehead atoms. The molecule has 1 amide bonds. The van der Waals surface area contributed by atoms with Crippen LogP contribution in [0.2, 0.25) is 0 Å². The second-order valence-electron chi connectivity index (χ2n) is 7.15. The van der Waals surface area contributed by atoms with E-state index in [1.54, 1.807) is 17.0 Å². The number of piperazine rings is 1. The predicted octanol–water partition coefficient (Wildman–Crippen LogP) is 1.42. The van der Waals surface area contributed by atoms with E-state index in [0.717, 1.165) is 17.3 Å². The van der Waals surface area contributed by atoms with Crippen LogP contribution >= 0.6 is 0 Å². The summed E-state index contributed by atoms with van der Waals surface area (Å²) in [5.41, 5.74) is 0.940. The van der Waals surface area contributed by atoms with Gasteiger partial charge in [0.05, 0.1) is 6.20 Å². The molecule has 10 heteroatoms. The minimum absolute atomic E-state index is 0.0890. The zero-order valence-electron chi connectivity index (χ0n) is 16.5. The second kappa shape index (κ2) is 7.19. The van der Waals surface area contributed by atoms with E-state index in [-0.39, 0.29) is 23.0 Å². The smallest absolute Gasteiger partial charge is 0.278 e. The van der Waals surface area contributed by atoms with Crippen molar-refractivity contribution in [3.63, 3.8) is 0 Å². The second-order valence-corrected chi connectivity index (χ2v) is 7.15. The van der Waals surface area contributed by atoms with Crippen molar-refractivity contribution < 1.29 is 14.3 Å². The first-order valence-corrected chi connectivity index (χ1v) is 9.30. The molecule has 152 valence electrons. The van der Waals surface area contributed by atoms with Crippen molar-refractivity contribution in [2.24, 2.45) is 7.05 Å². The molecule has 0 atom stereocenters. The molecule has 1 saturated heterocycles. The highest BCUT2D eigenvalue weighted by atomic mass is 19.1. The molecule has 1 N–H and O–H groups in total. The van der Waals surface area contributed by atoms with Crippen molar-refractivity contribution in [1.82, 2.24) is 29.4 Å². The Hall–Kier alpha value is -3.43. The lowest BCUT2D eigenvalue weighted by atomic mass is 10.2. The average molecular weight is 399 g/mol. The van der Waals surface area contributed by atoms with Gasteiger partial charge in [-0.3, -0.25) is 4.79 Å². The van der Waals surface area contributed by atoms with Gasteiger partial charge >= 0.3 is 0 Å². The summed E-state index contributed by atoms with van der Waals surface area (Å²) in [6.07, 6.45) is 1.25. The molecular formula is C19H22FN7O2. The summed E-state index contributed by atoms with van der Waals surface area (Å²) < 4.78 is 17.2. The predicted molar refractivity (Wildman–Crippen MR) is 104 cm³/mol. The highest BCUT2D eigenvalue weighted by molar-refractivity contribution is 5.95. The fourth-order valence-electron chi connectivity index (χ4n) is 3.37. The third kappa shape index (κ3) is 3.41. The van der Waals surface area contributed by atoms with E-state index in [9.17, 15) is 14.3 Å². The molecule has 3 aromatic rings. The number of aromatic hydroxyl groups is 1. The summed E-state index contributed by atoms with van der Waals surface area (Å²) in [4.78, 5) is 16.6. The van der Waals surface area contributed by atoms with Crippen molar-refractivity contribution in [2.75, 3.05) is 31.1 Å². The number of hydrogen-bond donors (Lipinski definition) is 1. The fourth-order valence-corrected chi connectivity index (χ4v) is 3.37. The molecule has 9 nitrogen and oxygen atoms in total. The Bertz CT molecular complexity index is 1070. The Kier molecular flexibility index (Phi) is 4.69. The lowest BCUT2D eigenvalue weighted by Crippen LogP contribution is -2.49. The molecule has 0 unspecified atom stereocenters. The molecule has 0 saturated carbocycles. The summed E-state index contributed by atoms with van der Waals surface area (Å²) in [7, 11) is 1.90. The molecule has 4 rings (SSSR count). The van der Waals surface area contributed by atoms with Crippen LogP contribution in [0.1, 0.15) is 21.9 Å². The standard InChI is InChI=1S/C19H22FN7O2/c1-12-4-5-14(20)15(10-12)27-11-16(28)17(23-27)18(29)25-6-8-26(9-7-25)19-22-21-13(2)24(19)3/h4-5,10-11,28H,6-9H2,1-3H3. The first-order valence-electron chi connectivity index (χ1n) is 9.30. The zero-order valence-corrected chi connectivity index (χ0v) is 16.5. The average Bonchev–Trinajstić information content (AvgIpc) is 3.26. The maximum atomic E-state index is 14.1. The molecule has 1 fully saturated rings. The molecule has 1 aromatic carbocycles. The molecule has 29 heavy (non-hydrogen) atoms. The van der Waals surface area contributed by atoms with E-state index in [1.807, 2.05) is 25.5 Å². The van der Waals surface area contributed by atoms with Gasteiger partial charge in [0.15, 0.2) is 11.4 Å². The molecule has 0 radical (unpaired) electrons. The monoisotopic (exact) mass is 399 g/mol. The highest BCUT2D eigenvalue weighted by Gasteiger charge is 2.28. The molecule has 1 aliphatic heterocycles. The molecular weight excluding hydrogens is 377 g/mol. The minimum Gasteiger partial charge on any atom is -0.504 e. The Labute approximate surface area is 167 Å². The van der Waals surface area contributed by atoms with E-state index < -0.39 is 5.82 Å².